The molecule has 1 aliphatic heterocycles. The summed E-state index contributed by atoms with van der Waals surface area (Å²) in [6, 6.07) is -0.0705. The summed E-state index contributed by atoms with van der Waals surface area (Å²) in [5.41, 5.74) is 4.34. The van der Waals surface area contributed by atoms with Gasteiger partial charge in [0.05, 0.1) is 5.75 Å². The fourth-order valence-corrected chi connectivity index (χ4v) is 3.83. The zero-order chi connectivity index (χ0) is 17.4. The molecule has 0 aromatic carbocycles. The standard InChI is InChI=1S/C15H27N3O4S/c1-10(2)11-8-18(6-7-23(3,21)22)9-12(11)17-14(20)15(4-5-15)13(16)19/h10-12H,4-9H2,1-3H3,(H2,16,19)(H,17,20)/t11-,12+/m1/s1. The van der Waals surface area contributed by atoms with Crippen molar-refractivity contribution < 1.29 is 18.0 Å². The Balaban J connectivity index is 1.99. The van der Waals surface area contributed by atoms with E-state index in [2.05, 4.69) is 24.1 Å². The van der Waals surface area contributed by atoms with Crippen LogP contribution in [0.4, 0.5) is 0 Å². The normalized spacial score (nSPS) is 27.1. The first-order valence-electron chi connectivity index (χ1n) is 8.06. The molecule has 3 N–H and O–H groups in total. The molecular formula is C15H27N3O4S. The second kappa shape index (κ2) is 6.39. The van der Waals surface area contributed by atoms with E-state index in [1.54, 1.807) is 0 Å². The highest BCUT2D eigenvalue weighted by Gasteiger charge is 2.56. The quantitative estimate of drug-likeness (QED) is 0.597. The van der Waals surface area contributed by atoms with Gasteiger partial charge in [-0.2, -0.15) is 0 Å². The van der Waals surface area contributed by atoms with Crippen LogP contribution in [0, 0.1) is 17.3 Å². The second-order valence-electron chi connectivity index (χ2n) is 7.32. The first-order chi connectivity index (χ1) is 10.5. The van der Waals surface area contributed by atoms with Crippen molar-refractivity contribution in [1.82, 2.24) is 10.2 Å². The Morgan fingerprint density at radius 1 is 1.30 bits per heavy atom. The van der Waals surface area contributed by atoms with Crippen LogP contribution in [0.5, 0.6) is 0 Å². The molecule has 0 spiro atoms. The van der Waals surface area contributed by atoms with E-state index in [-0.39, 0.29) is 23.6 Å². The van der Waals surface area contributed by atoms with Gasteiger partial charge in [-0.15, -0.1) is 0 Å². The van der Waals surface area contributed by atoms with Crippen molar-refractivity contribution in [2.45, 2.75) is 32.7 Å². The molecule has 8 heteroatoms. The van der Waals surface area contributed by atoms with Crippen LogP contribution in [0.3, 0.4) is 0 Å². The Morgan fingerprint density at radius 2 is 1.91 bits per heavy atom. The zero-order valence-corrected chi connectivity index (χ0v) is 14.9. The number of hydrogen-bond donors (Lipinski definition) is 2. The molecule has 2 atom stereocenters. The van der Waals surface area contributed by atoms with Crippen molar-refractivity contribution in [2.75, 3.05) is 31.6 Å². The summed E-state index contributed by atoms with van der Waals surface area (Å²) in [7, 11) is -3.00. The Morgan fingerprint density at radius 3 is 2.35 bits per heavy atom. The Hall–Kier alpha value is -1.15. The third kappa shape index (κ3) is 4.23. The Bertz CT molecular complexity index is 584. The molecule has 2 fully saturated rings. The fraction of sp³-hybridized carbons (Fsp3) is 0.867. The number of likely N-dealkylation sites (tertiary alicyclic amines) is 1. The summed E-state index contributed by atoms with van der Waals surface area (Å²) in [5.74, 6) is -0.118. The van der Waals surface area contributed by atoms with E-state index in [9.17, 15) is 18.0 Å². The number of hydrogen-bond acceptors (Lipinski definition) is 5. The van der Waals surface area contributed by atoms with E-state index in [1.165, 1.54) is 6.26 Å². The van der Waals surface area contributed by atoms with Gasteiger partial charge < -0.3 is 11.1 Å². The molecule has 2 aliphatic rings. The number of nitrogens with one attached hydrogen (secondary N) is 1. The molecule has 1 saturated heterocycles. The molecule has 1 heterocycles. The molecule has 2 amide bonds. The van der Waals surface area contributed by atoms with E-state index in [0.29, 0.717) is 31.8 Å². The number of nitrogens with zero attached hydrogens (tertiary/aromatic N) is 1. The molecule has 0 bridgehead atoms. The first-order valence-corrected chi connectivity index (χ1v) is 10.1. The number of rotatable bonds is 7. The van der Waals surface area contributed by atoms with Gasteiger partial charge in [0.2, 0.25) is 11.8 Å². The minimum absolute atomic E-state index is 0.0705. The average molecular weight is 345 g/mol. The van der Waals surface area contributed by atoms with Crippen LogP contribution < -0.4 is 11.1 Å². The SMILES string of the molecule is CC(C)[C@H]1CN(CCS(C)(=O)=O)C[C@@H]1NC(=O)C1(C(N)=O)CC1. The van der Waals surface area contributed by atoms with E-state index in [1.807, 2.05) is 0 Å². The summed E-state index contributed by atoms with van der Waals surface area (Å²) in [5, 5.41) is 2.99. The largest absolute Gasteiger partial charge is 0.369 e. The molecule has 132 valence electrons. The summed E-state index contributed by atoms with van der Waals surface area (Å²) in [4.78, 5) is 25.9. The van der Waals surface area contributed by atoms with Gasteiger partial charge in [-0.25, -0.2) is 8.42 Å². The van der Waals surface area contributed by atoms with Gasteiger partial charge in [-0.3, -0.25) is 14.5 Å². The van der Waals surface area contributed by atoms with Crippen molar-refractivity contribution in [3.8, 4) is 0 Å². The lowest BCUT2D eigenvalue weighted by atomic mass is 9.90. The van der Waals surface area contributed by atoms with Crippen LogP contribution in [-0.2, 0) is 19.4 Å². The third-order valence-corrected chi connectivity index (χ3v) is 5.97. The summed E-state index contributed by atoms with van der Waals surface area (Å²) >= 11 is 0. The maximum Gasteiger partial charge on any atom is 0.235 e. The minimum Gasteiger partial charge on any atom is -0.369 e. The molecule has 1 aliphatic carbocycles. The van der Waals surface area contributed by atoms with Gasteiger partial charge in [-0.05, 0) is 24.7 Å². The van der Waals surface area contributed by atoms with Gasteiger partial charge in [0, 0.05) is 31.9 Å². The smallest absolute Gasteiger partial charge is 0.235 e. The molecular weight excluding hydrogens is 318 g/mol. The molecule has 23 heavy (non-hydrogen) atoms. The first kappa shape index (κ1) is 18.2. The lowest BCUT2D eigenvalue weighted by Crippen LogP contribution is -2.48. The van der Waals surface area contributed by atoms with Crippen molar-refractivity contribution in [3.05, 3.63) is 0 Å². The van der Waals surface area contributed by atoms with Crippen molar-refractivity contribution >= 4 is 21.7 Å². The van der Waals surface area contributed by atoms with Crippen LogP contribution in [0.2, 0.25) is 0 Å². The van der Waals surface area contributed by atoms with Crippen molar-refractivity contribution in [3.63, 3.8) is 0 Å². The van der Waals surface area contributed by atoms with E-state index in [4.69, 9.17) is 5.73 Å². The molecule has 7 nitrogen and oxygen atoms in total. The van der Waals surface area contributed by atoms with Crippen LogP contribution in [0.15, 0.2) is 0 Å². The monoisotopic (exact) mass is 345 g/mol. The van der Waals surface area contributed by atoms with Gasteiger partial charge in [0.25, 0.3) is 0 Å². The fourth-order valence-electron chi connectivity index (χ4n) is 3.24. The van der Waals surface area contributed by atoms with Crippen LogP contribution in [-0.4, -0.2) is 62.8 Å². The Kier molecular flexibility index (Phi) is 5.06. The van der Waals surface area contributed by atoms with Gasteiger partial charge >= 0.3 is 0 Å². The van der Waals surface area contributed by atoms with Crippen LogP contribution >= 0.6 is 0 Å². The lowest BCUT2D eigenvalue weighted by molar-refractivity contribution is -0.136. The third-order valence-electron chi connectivity index (χ3n) is 5.05. The minimum atomic E-state index is -3.00. The molecule has 2 rings (SSSR count). The van der Waals surface area contributed by atoms with E-state index >= 15 is 0 Å². The van der Waals surface area contributed by atoms with E-state index in [0.717, 1.165) is 6.54 Å². The summed E-state index contributed by atoms with van der Waals surface area (Å²) < 4.78 is 22.7. The predicted octanol–water partition coefficient (Wildman–Crippen LogP) is -0.631. The molecule has 0 aromatic rings. The average Bonchev–Trinajstić information content (AvgIpc) is 3.13. The Labute approximate surface area is 137 Å². The van der Waals surface area contributed by atoms with Gasteiger partial charge in [0.1, 0.15) is 15.3 Å². The summed E-state index contributed by atoms with van der Waals surface area (Å²) in [6.07, 6.45) is 2.27. The van der Waals surface area contributed by atoms with Gasteiger partial charge in [-0.1, -0.05) is 13.8 Å². The molecule has 0 aromatic heterocycles. The number of amides is 2. The highest BCUT2D eigenvalue weighted by atomic mass is 32.2. The van der Waals surface area contributed by atoms with Crippen LogP contribution in [0.1, 0.15) is 26.7 Å². The number of carbonyl (C=O) groups is 2. The topological polar surface area (TPSA) is 110 Å². The maximum absolute atomic E-state index is 12.4. The molecule has 0 unspecified atom stereocenters. The van der Waals surface area contributed by atoms with E-state index < -0.39 is 21.2 Å². The number of primary amides is 1. The maximum atomic E-state index is 12.4. The number of sulfone groups is 1. The number of carbonyl (C=O) groups excluding carboxylic acids is 2. The highest BCUT2D eigenvalue weighted by Crippen LogP contribution is 2.45. The second-order valence-corrected chi connectivity index (χ2v) is 9.58. The highest BCUT2D eigenvalue weighted by molar-refractivity contribution is 7.90. The number of nitrogens with two attached hydrogens (primary N) is 1. The van der Waals surface area contributed by atoms with Gasteiger partial charge in [0.15, 0.2) is 0 Å². The molecule has 0 radical (unpaired) electrons. The molecule has 1 saturated carbocycles. The van der Waals surface area contributed by atoms with Crippen LogP contribution in [0.25, 0.3) is 0 Å². The predicted molar refractivity (Wildman–Crippen MR) is 87.3 cm³/mol. The van der Waals surface area contributed by atoms with Crippen molar-refractivity contribution in [1.29, 1.82) is 0 Å². The zero-order valence-electron chi connectivity index (χ0n) is 14.0. The van der Waals surface area contributed by atoms with Crippen molar-refractivity contribution in [2.24, 2.45) is 23.0 Å². The lowest BCUT2D eigenvalue weighted by Gasteiger charge is -2.24. The summed E-state index contributed by atoms with van der Waals surface area (Å²) in [6.45, 7) is 6.01.